The van der Waals surface area contributed by atoms with Crippen LogP contribution in [0.2, 0.25) is 0 Å². The summed E-state index contributed by atoms with van der Waals surface area (Å²) in [5.41, 5.74) is 0.966. The number of aryl methyl sites for hydroxylation is 1. The Hall–Kier alpha value is -2.17. The molecular formula is C15H20N4O. The Morgan fingerprint density at radius 1 is 1.25 bits per heavy atom. The van der Waals surface area contributed by atoms with Gasteiger partial charge in [-0.3, -0.25) is 4.98 Å². The van der Waals surface area contributed by atoms with Gasteiger partial charge in [-0.05, 0) is 25.0 Å². The van der Waals surface area contributed by atoms with Crippen molar-refractivity contribution in [2.75, 3.05) is 11.9 Å². The lowest BCUT2D eigenvalue weighted by Crippen LogP contribution is -2.09. The predicted octanol–water partition coefficient (Wildman–Crippen LogP) is 2.83. The first-order valence-electron chi connectivity index (χ1n) is 6.76. The predicted molar refractivity (Wildman–Crippen MR) is 78.7 cm³/mol. The van der Waals surface area contributed by atoms with Crippen molar-refractivity contribution < 1.29 is 4.74 Å². The highest BCUT2D eigenvalue weighted by atomic mass is 16.5. The molecule has 106 valence electrons. The molecule has 0 bridgehead atoms. The molecule has 0 saturated heterocycles. The number of pyridine rings is 1. The van der Waals surface area contributed by atoms with Gasteiger partial charge < -0.3 is 10.1 Å². The molecule has 0 aromatic carbocycles. The molecule has 2 heterocycles. The summed E-state index contributed by atoms with van der Waals surface area (Å²) < 4.78 is 5.63. The minimum atomic E-state index is 0.468. The smallest absolute Gasteiger partial charge is 0.218 e. The van der Waals surface area contributed by atoms with Crippen LogP contribution >= 0.6 is 0 Å². The number of hydrogen-bond acceptors (Lipinski definition) is 5. The van der Waals surface area contributed by atoms with E-state index in [2.05, 4.69) is 34.1 Å². The second kappa shape index (κ2) is 6.84. The first-order chi connectivity index (χ1) is 9.63. The molecule has 5 heteroatoms. The minimum Gasteiger partial charge on any atom is -0.477 e. The normalized spacial score (nSPS) is 10.6. The van der Waals surface area contributed by atoms with Crippen molar-refractivity contribution in [1.29, 1.82) is 0 Å². The van der Waals surface area contributed by atoms with Crippen LogP contribution in [0.5, 0.6) is 5.88 Å². The van der Waals surface area contributed by atoms with Crippen LogP contribution < -0.4 is 10.1 Å². The molecule has 2 aromatic rings. The molecule has 2 aromatic heterocycles. The Kier molecular flexibility index (Phi) is 4.87. The van der Waals surface area contributed by atoms with Gasteiger partial charge in [0.25, 0.3) is 0 Å². The molecule has 0 saturated carbocycles. The molecule has 0 fully saturated rings. The zero-order valence-electron chi connectivity index (χ0n) is 12.1. The zero-order valence-corrected chi connectivity index (χ0v) is 12.1. The van der Waals surface area contributed by atoms with E-state index < -0.39 is 0 Å². The number of rotatable bonds is 6. The fourth-order valence-corrected chi connectivity index (χ4v) is 1.64. The van der Waals surface area contributed by atoms with E-state index >= 15 is 0 Å². The van der Waals surface area contributed by atoms with Crippen molar-refractivity contribution in [3.63, 3.8) is 0 Å². The van der Waals surface area contributed by atoms with Gasteiger partial charge in [0.15, 0.2) is 0 Å². The summed E-state index contributed by atoms with van der Waals surface area (Å²) in [7, 11) is 0. The quantitative estimate of drug-likeness (QED) is 0.876. The first-order valence-corrected chi connectivity index (χ1v) is 6.76. The van der Waals surface area contributed by atoms with Gasteiger partial charge in [-0.25, -0.2) is 4.98 Å². The molecule has 0 aliphatic heterocycles. The van der Waals surface area contributed by atoms with E-state index in [-0.39, 0.29) is 0 Å². The maximum atomic E-state index is 5.63. The van der Waals surface area contributed by atoms with Gasteiger partial charge in [-0.15, -0.1) is 0 Å². The van der Waals surface area contributed by atoms with Gasteiger partial charge in [0.05, 0.1) is 18.8 Å². The van der Waals surface area contributed by atoms with Crippen LogP contribution in [0.1, 0.15) is 25.4 Å². The molecule has 0 aliphatic carbocycles. The van der Waals surface area contributed by atoms with Crippen LogP contribution in [0.4, 0.5) is 5.82 Å². The number of aromatic nitrogens is 3. The summed E-state index contributed by atoms with van der Waals surface area (Å²) in [5.74, 6) is 2.52. The van der Waals surface area contributed by atoms with Crippen LogP contribution in [-0.4, -0.2) is 21.6 Å². The molecule has 2 rings (SSSR count). The maximum absolute atomic E-state index is 5.63. The molecule has 0 aliphatic rings. The molecule has 20 heavy (non-hydrogen) atoms. The summed E-state index contributed by atoms with van der Waals surface area (Å²) in [6.45, 7) is 7.34. The van der Waals surface area contributed by atoms with Crippen LogP contribution in [0, 0.1) is 12.8 Å². The summed E-state index contributed by atoms with van der Waals surface area (Å²) in [5, 5.41) is 3.24. The van der Waals surface area contributed by atoms with Gasteiger partial charge in [0, 0.05) is 12.3 Å². The van der Waals surface area contributed by atoms with Crippen molar-refractivity contribution in [3.8, 4) is 5.88 Å². The lowest BCUT2D eigenvalue weighted by atomic mass is 10.2. The van der Waals surface area contributed by atoms with E-state index in [9.17, 15) is 0 Å². The second-order valence-corrected chi connectivity index (χ2v) is 5.02. The van der Waals surface area contributed by atoms with E-state index in [1.807, 2.05) is 31.2 Å². The van der Waals surface area contributed by atoms with Crippen molar-refractivity contribution in [2.24, 2.45) is 5.92 Å². The third-order valence-corrected chi connectivity index (χ3v) is 2.56. The summed E-state index contributed by atoms with van der Waals surface area (Å²) in [4.78, 5) is 12.9. The van der Waals surface area contributed by atoms with Crippen LogP contribution in [0.15, 0.2) is 30.5 Å². The molecule has 1 N–H and O–H groups in total. The highest BCUT2D eigenvalue weighted by Crippen LogP contribution is 2.14. The number of nitrogens with zero attached hydrogens (tertiary/aromatic N) is 3. The Morgan fingerprint density at radius 2 is 2.10 bits per heavy atom. The van der Waals surface area contributed by atoms with E-state index in [1.54, 1.807) is 6.20 Å². The van der Waals surface area contributed by atoms with Gasteiger partial charge in [-0.2, -0.15) is 4.98 Å². The molecule has 0 amide bonds. The van der Waals surface area contributed by atoms with Gasteiger partial charge >= 0.3 is 0 Å². The monoisotopic (exact) mass is 272 g/mol. The second-order valence-electron chi connectivity index (χ2n) is 5.02. The Bertz CT molecular complexity index is 543. The van der Waals surface area contributed by atoms with Crippen LogP contribution in [0.25, 0.3) is 0 Å². The van der Waals surface area contributed by atoms with Crippen molar-refractivity contribution in [2.45, 2.75) is 27.3 Å². The average Bonchev–Trinajstić information content (AvgIpc) is 2.44. The standard InChI is InChI=1S/C15H20N4O/c1-11(2)10-20-15-8-14(18-12(3)19-15)17-9-13-6-4-5-7-16-13/h4-8,11H,9-10H2,1-3H3,(H,17,18,19). The number of hydrogen-bond donors (Lipinski definition) is 1. The lowest BCUT2D eigenvalue weighted by molar-refractivity contribution is 0.260. The highest BCUT2D eigenvalue weighted by molar-refractivity contribution is 5.38. The zero-order chi connectivity index (χ0) is 14.4. The molecule has 0 atom stereocenters. The summed E-state index contributed by atoms with van der Waals surface area (Å²) in [6.07, 6.45) is 1.78. The van der Waals surface area contributed by atoms with E-state index in [0.717, 1.165) is 11.5 Å². The minimum absolute atomic E-state index is 0.468. The number of anilines is 1. The van der Waals surface area contributed by atoms with Crippen molar-refractivity contribution >= 4 is 5.82 Å². The molecular weight excluding hydrogens is 252 g/mol. The fraction of sp³-hybridized carbons (Fsp3) is 0.400. The SMILES string of the molecule is Cc1nc(NCc2ccccn2)cc(OCC(C)C)n1. The van der Waals surface area contributed by atoms with Crippen molar-refractivity contribution in [1.82, 2.24) is 15.0 Å². The van der Waals surface area contributed by atoms with E-state index in [0.29, 0.717) is 30.8 Å². The Morgan fingerprint density at radius 3 is 2.80 bits per heavy atom. The largest absolute Gasteiger partial charge is 0.477 e. The molecule has 0 radical (unpaired) electrons. The van der Waals surface area contributed by atoms with Gasteiger partial charge in [0.1, 0.15) is 11.6 Å². The van der Waals surface area contributed by atoms with Gasteiger partial charge in [-0.1, -0.05) is 19.9 Å². The molecule has 0 unspecified atom stereocenters. The third kappa shape index (κ3) is 4.50. The van der Waals surface area contributed by atoms with Crippen LogP contribution in [0.3, 0.4) is 0 Å². The summed E-state index contributed by atoms with van der Waals surface area (Å²) in [6, 6.07) is 7.65. The first kappa shape index (κ1) is 14.2. The Balaban J connectivity index is 2.00. The van der Waals surface area contributed by atoms with Crippen LogP contribution in [-0.2, 0) is 6.54 Å². The maximum Gasteiger partial charge on any atom is 0.218 e. The average molecular weight is 272 g/mol. The van der Waals surface area contributed by atoms with Crippen molar-refractivity contribution in [3.05, 3.63) is 42.0 Å². The third-order valence-electron chi connectivity index (χ3n) is 2.56. The molecule has 5 nitrogen and oxygen atoms in total. The Labute approximate surface area is 119 Å². The lowest BCUT2D eigenvalue weighted by Gasteiger charge is -2.10. The fourth-order valence-electron chi connectivity index (χ4n) is 1.64. The number of ether oxygens (including phenoxy) is 1. The van der Waals surface area contributed by atoms with E-state index in [4.69, 9.17) is 4.74 Å². The summed E-state index contributed by atoms with van der Waals surface area (Å²) >= 11 is 0. The number of nitrogens with one attached hydrogen (secondary N) is 1. The van der Waals surface area contributed by atoms with Gasteiger partial charge in [0.2, 0.25) is 5.88 Å². The topological polar surface area (TPSA) is 59.9 Å². The van der Waals surface area contributed by atoms with E-state index in [1.165, 1.54) is 0 Å². The highest BCUT2D eigenvalue weighted by Gasteiger charge is 2.04. The molecule has 0 spiro atoms.